The molecule has 19 heavy (non-hydrogen) atoms. The van der Waals surface area contributed by atoms with Gasteiger partial charge >= 0.3 is 0 Å². The predicted molar refractivity (Wildman–Crippen MR) is 78.0 cm³/mol. The van der Waals surface area contributed by atoms with E-state index in [1.54, 1.807) is 0 Å². The van der Waals surface area contributed by atoms with E-state index in [0.29, 0.717) is 0 Å². The zero-order valence-corrected chi connectivity index (χ0v) is 11.5. The van der Waals surface area contributed by atoms with Gasteiger partial charge in [-0.25, -0.2) is 0 Å². The average molecular weight is 258 g/mol. The molecule has 3 heteroatoms. The summed E-state index contributed by atoms with van der Waals surface area (Å²) < 4.78 is 2.02. The van der Waals surface area contributed by atoms with Gasteiger partial charge in [-0.3, -0.25) is 4.68 Å². The number of aryl methyl sites for hydroxylation is 1. The van der Waals surface area contributed by atoms with Crippen molar-refractivity contribution < 1.29 is 5.11 Å². The lowest BCUT2D eigenvalue weighted by molar-refractivity contribution is 0.299. The molecule has 0 bridgehead atoms. The first kappa shape index (κ1) is 13.8. The van der Waals surface area contributed by atoms with Gasteiger partial charge in [-0.1, -0.05) is 44.0 Å². The van der Waals surface area contributed by atoms with Gasteiger partial charge in [-0.15, -0.1) is 0 Å². The van der Waals surface area contributed by atoms with Crippen molar-refractivity contribution in [2.24, 2.45) is 0 Å². The smallest absolute Gasteiger partial charge is 0.0568 e. The highest BCUT2D eigenvalue weighted by Gasteiger charge is 2.02. The van der Waals surface area contributed by atoms with Crippen LogP contribution in [0.5, 0.6) is 0 Å². The molecule has 1 heterocycles. The standard InChI is InChI=1S/C16H22N2O/c1-2-3-4-10-18-13-16(12-17-18)15-7-5-14(6-8-15)9-11-19/h5-8,12-13,19H,2-4,9-11H2,1H3. The van der Waals surface area contributed by atoms with Crippen LogP contribution < -0.4 is 0 Å². The molecule has 1 aromatic carbocycles. The van der Waals surface area contributed by atoms with Crippen LogP contribution in [0.4, 0.5) is 0 Å². The van der Waals surface area contributed by atoms with Gasteiger partial charge in [0.2, 0.25) is 0 Å². The fourth-order valence-electron chi connectivity index (χ4n) is 2.15. The summed E-state index contributed by atoms with van der Waals surface area (Å²) in [4.78, 5) is 0. The van der Waals surface area contributed by atoms with Gasteiger partial charge in [0.1, 0.15) is 0 Å². The Kier molecular flexibility index (Phi) is 5.16. The van der Waals surface area contributed by atoms with E-state index in [1.807, 2.05) is 10.9 Å². The molecule has 3 nitrogen and oxygen atoms in total. The van der Waals surface area contributed by atoms with Crippen molar-refractivity contribution in [1.82, 2.24) is 9.78 Å². The minimum atomic E-state index is 0.203. The van der Waals surface area contributed by atoms with Gasteiger partial charge < -0.3 is 5.11 Å². The number of rotatable bonds is 7. The molecule has 0 amide bonds. The Morgan fingerprint density at radius 3 is 2.58 bits per heavy atom. The highest BCUT2D eigenvalue weighted by Crippen LogP contribution is 2.19. The van der Waals surface area contributed by atoms with Gasteiger partial charge in [-0.05, 0) is 24.0 Å². The summed E-state index contributed by atoms with van der Waals surface area (Å²) in [5.74, 6) is 0. The Morgan fingerprint density at radius 1 is 1.11 bits per heavy atom. The lowest BCUT2D eigenvalue weighted by Gasteiger charge is -2.01. The van der Waals surface area contributed by atoms with Gasteiger partial charge in [0, 0.05) is 24.9 Å². The largest absolute Gasteiger partial charge is 0.396 e. The van der Waals surface area contributed by atoms with Crippen LogP contribution in [-0.4, -0.2) is 21.5 Å². The summed E-state index contributed by atoms with van der Waals surface area (Å²) in [7, 11) is 0. The molecule has 0 atom stereocenters. The second kappa shape index (κ2) is 7.10. The number of nitrogens with zero attached hydrogens (tertiary/aromatic N) is 2. The van der Waals surface area contributed by atoms with E-state index in [9.17, 15) is 0 Å². The van der Waals surface area contributed by atoms with Crippen molar-refractivity contribution >= 4 is 0 Å². The molecule has 0 radical (unpaired) electrons. The van der Waals surface area contributed by atoms with Crippen molar-refractivity contribution in [2.45, 2.75) is 39.2 Å². The van der Waals surface area contributed by atoms with Gasteiger partial charge in [-0.2, -0.15) is 5.10 Å². The van der Waals surface area contributed by atoms with E-state index in [4.69, 9.17) is 5.11 Å². The first-order valence-electron chi connectivity index (χ1n) is 7.06. The topological polar surface area (TPSA) is 38.0 Å². The van der Waals surface area contributed by atoms with Crippen molar-refractivity contribution in [3.8, 4) is 11.1 Å². The quantitative estimate of drug-likeness (QED) is 0.774. The van der Waals surface area contributed by atoms with Crippen LogP contribution in [0.3, 0.4) is 0 Å². The number of hydrogen-bond acceptors (Lipinski definition) is 2. The van der Waals surface area contributed by atoms with Crippen LogP contribution in [0.1, 0.15) is 31.7 Å². The van der Waals surface area contributed by atoms with Crippen LogP contribution in [0.2, 0.25) is 0 Å². The summed E-state index contributed by atoms with van der Waals surface area (Å²) in [6.45, 7) is 3.41. The lowest BCUT2D eigenvalue weighted by atomic mass is 10.1. The van der Waals surface area contributed by atoms with E-state index in [2.05, 4.69) is 42.5 Å². The number of aromatic nitrogens is 2. The van der Waals surface area contributed by atoms with E-state index < -0.39 is 0 Å². The number of aliphatic hydroxyl groups excluding tert-OH is 1. The zero-order valence-electron chi connectivity index (χ0n) is 11.5. The molecule has 2 rings (SSSR count). The van der Waals surface area contributed by atoms with Crippen molar-refractivity contribution in [2.75, 3.05) is 6.61 Å². The Bertz CT molecular complexity index is 488. The van der Waals surface area contributed by atoms with Gasteiger partial charge in [0.05, 0.1) is 6.20 Å². The molecule has 0 unspecified atom stereocenters. The van der Waals surface area contributed by atoms with Crippen LogP contribution in [-0.2, 0) is 13.0 Å². The monoisotopic (exact) mass is 258 g/mol. The summed E-state index contributed by atoms with van der Waals surface area (Å²) in [6.07, 6.45) is 8.43. The minimum Gasteiger partial charge on any atom is -0.396 e. The van der Waals surface area contributed by atoms with Gasteiger partial charge in [0.25, 0.3) is 0 Å². The number of benzene rings is 1. The second-order valence-electron chi connectivity index (χ2n) is 4.87. The molecule has 0 aliphatic rings. The first-order valence-corrected chi connectivity index (χ1v) is 7.06. The maximum atomic E-state index is 8.90. The lowest BCUT2D eigenvalue weighted by Crippen LogP contribution is -1.97. The van der Waals surface area contributed by atoms with Crippen molar-refractivity contribution in [3.05, 3.63) is 42.2 Å². The highest BCUT2D eigenvalue weighted by atomic mass is 16.2. The van der Waals surface area contributed by atoms with E-state index in [1.165, 1.54) is 30.4 Å². The highest BCUT2D eigenvalue weighted by molar-refractivity contribution is 5.61. The number of aliphatic hydroxyl groups is 1. The zero-order chi connectivity index (χ0) is 13.5. The summed E-state index contributed by atoms with van der Waals surface area (Å²) in [5.41, 5.74) is 3.51. The van der Waals surface area contributed by atoms with Gasteiger partial charge in [0.15, 0.2) is 0 Å². The Balaban J connectivity index is 2.01. The third kappa shape index (κ3) is 3.93. The fourth-order valence-corrected chi connectivity index (χ4v) is 2.15. The third-order valence-electron chi connectivity index (χ3n) is 3.31. The average Bonchev–Trinajstić information content (AvgIpc) is 2.89. The molecule has 0 spiro atoms. The van der Waals surface area contributed by atoms with Crippen LogP contribution in [0, 0.1) is 0 Å². The molecular formula is C16H22N2O. The molecule has 2 aromatic rings. The summed E-state index contributed by atoms with van der Waals surface area (Å²) in [6, 6.07) is 8.33. The maximum absolute atomic E-state index is 8.90. The Hall–Kier alpha value is -1.61. The summed E-state index contributed by atoms with van der Waals surface area (Å²) in [5, 5.41) is 13.3. The molecule has 1 aromatic heterocycles. The van der Waals surface area contributed by atoms with Crippen LogP contribution in [0.15, 0.2) is 36.7 Å². The first-order chi connectivity index (χ1) is 9.33. The number of unbranched alkanes of at least 4 members (excludes halogenated alkanes) is 2. The molecule has 0 fully saturated rings. The Morgan fingerprint density at radius 2 is 1.89 bits per heavy atom. The Labute approximate surface area is 114 Å². The minimum absolute atomic E-state index is 0.203. The normalized spacial score (nSPS) is 10.8. The molecule has 1 N–H and O–H groups in total. The van der Waals surface area contributed by atoms with Crippen LogP contribution in [0.25, 0.3) is 11.1 Å². The second-order valence-corrected chi connectivity index (χ2v) is 4.87. The summed E-state index contributed by atoms with van der Waals surface area (Å²) >= 11 is 0. The van der Waals surface area contributed by atoms with E-state index in [0.717, 1.165) is 18.5 Å². The fraction of sp³-hybridized carbons (Fsp3) is 0.438. The SMILES string of the molecule is CCCCCn1cc(-c2ccc(CCO)cc2)cn1. The number of hydrogen-bond donors (Lipinski definition) is 1. The van der Waals surface area contributed by atoms with E-state index >= 15 is 0 Å². The maximum Gasteiger partial charge on any atom is 0.0568 e. The van der Waals surface area contributed by atoms with Crippen LogP contribution >= 0.6 is 0 Å². The molecular weight excluding hydrogens is 236 g/mol. The van der Waals surface area contributed by atoms with Crippen molar-refractivity contribution in [1.29, 1.82) is 0 Å². The molecule has 102 valence electrons. The van der Waals surface area contributed by atoms with E-state index in [-0.39, 0.29) is 6.61 Å². The predicted octanol–water partition coefficient (Wildman–Crippen LogP) is 3.28. The van der Waals surface area contributed by atoms with Crippen molar-refractivity contribution in [3.63, 3.8) is 0 Å². The molecule has 0 saturated heterocycles. The molecule has 0 saturated carbocycles. The third-order valence-corrected chi connectivity index (χ3v) is 3.31. The molecule has 0 aliphatic heterocycles. The molecule has 0 aliphatic carbocycles.